The van der Waals surface area contributed by atoms with Gasteiger partial charge in [0.25, 0.3) is 5.91 Å². The highest BCUT2D eigenvalue weighted by Crippen LogP contribution is 2.45. The van der Waals surface area contributed by atoms with Crippen LogP contribution in [-0.2, 0) is 25.5 Å². The minimum atomic E-state index is -0.741. The lowest BCUT2D eigenvalue weighted by molar-refractivity contribution is -0.154. The van der Waals surface area contributed by atoms with Crippen molar-refractivity contribution in [2.24, 2.45) is 0 Å². The monoisotopic (exact) mass is 583 g/mol. The minimum absolute atomic E-state index is 0.158. The van der Waals surface area contributed by atoms with E-state index in [4.69, 9.17) is 4.74 Å². The maximum atomic E-state index is 14.0. The summed E-state index contributed by atoms with van der Waals surface area (Å²) in [7, 11) is 0. The Balaban J connectivity index is 1.27. The van der Waals surface area contributed by atoms with Gasteiger partial charge in [-0.25, -0.2) is 9.78 Å². The third kappa shape index (κ3) is 5.77. The molecule has 206 valence electrons. The Bertz CT molecular complexity index is 1530. The molecule has 0 aliphatic carbocycles. The molecule has 41 heavy (non-hydrogen) atoms. The predicted octanol–water partition coefficient (Wildman–Crippen LogP) is 4.08. The summed E-state index contributed by atoms with van der Waals surface area (Å²) in [5.74, 6) is -0.811. The van der Waals surface area contributed by atoms with Crippen molar-refractivity contribution in [1.29, 1.82) is 0 Å². The summed E-state index contributed by atoms with van der Waals surface area (Å²) in [4.78, 5) is 46.5. The molecule has 11 heteroatoms. The number of hydrogen-bond donors (Lipinski definition) is 2. The van der Waals surface area contributed by atoms with E-state index >= 15 is 0 Å². The Morgan fingerprint density at radius 1 is 1.00 bits per heavy atom. The van der Waals surface area contributed by atoms with Crippen molar-refractivity contribution in [2.75, 3.05) is 5.75 Å². The smallest absolute Gasteiger partial charge is 0.356 e. The van der Waals surface area contributed by atoms with Crippen LogP contribution >= 0.6 is 23.5 Å². The molecule has 2 amide bonds. The third-order valence-corrected chi connectivity index (χ3v) is 9.13. The largest absolute Gasteiger partial charge is 0.448 e. The number of fused-ring (bicyclic) bond motifs is 1. The van der Waals surface area contributed by atoms with Crippen molar-refractivity contribution in [2.45, 2.75) is 29.1 Å². The molecule has 0 saturated carbocycles. The van der Waals surface area contributed by atoms with Crippen LogP contribution in [0.2, 0.25) is 0 Å². The van der Waals surface area contributed by atoms with E-state index in [1.54, 1.807) is 0 Å². The molecule has 2 aliphatic rings. The molecule has 1 saturated heterocycles. The molecule has 2 N–H and O–H groups in total. The van der Waals surface area contributed by atoms with Gasteiger partial charge >= 0.3 is 5.97 Å². The average molecular weight is 584 g/mol. The van der Waals surface area contributed by atoms with E-state index in [9.17, 15) is 14.4 Å². The molecule has 2 atom stereocenters. The summed E-state index contributed by atoms with van der Waals surface area (Å²) in [6, 6.07) is 27.5. The number of esters is 1. The highest BCUT2D eigenvalue weighted by Gasteiger charge is 2.55. The third-order valence-electron chi connectivity index (χ3n) is 6.69. The molecule has 2 aliphatic heterocycles. The van der Waals surface area contributed by atoms with Crippen LogP contribution in [0, 0.1) is 0 Å². The standard InChI is InChI=1S/C30H25N5O4S2/c36-23(16-19-10-4-1-5-11-19)33-24-27(37)35-25(22(17-40-28(24)35)41-30-31-18-32-34-30)29(38)39-26(20-12-6-2-7-13-20)21-14-8-3-9-15-21/h1-15,18,24,26,28H,16-17H2,(H,33,36)(H,31,32,34)/t24-,28+/m1/s1. The van der Waals surface area contributed by atoms with E-state index < -0.39 is 23.5 Å². The second-order valence-electron chi connectivity index (χ2n) is 9.39. The summed E-state index contributed by atoms with van der Waals surface area (Å²) in [6.45, 7) is 0. The first-order chi connectivity index (χ1) is 20.1. The van der Waals surface area contributed by atoms with Crippen LogP contribution in [0.3, 0.4) is 0 Å². The van der Waals surface area contributed by atoms with Crippen LogP contribution in [0.15, 0.2) is 113 Å². The Morgan fingerprint density at radius 3 is 2.24 bits per heavy atom. The fraction of sp³-hybridized carbons (Fsp3) is 0.167. The number of benzene rings is 3. The average Bonchev–Trinajstić information content (AvgIpc) is 3.53. The Hall–Kier alpha value is -4.35. The minimum Gasteiger partial charge on any atom is -0.448 e. The second kappa shape index (κ2) is 12.0. The van der Waals surface area contributed by atoms with Gasteiger partial charge in [-0.15, -0.1) is 11.8 Å². The van der Waals surface area contributed by atoms with E-state index in [-0.39, 0.29) is 23.9 Å². The Labute approximate surface area is 244 Å². The molecule has 0 radical (unpaired) electrons. The SMILES string of the molecule is O=C(Cc1ccccc1)N[C@@H]1C(=O)N2C(C(=O)OC(c3ccccc3)c3ccccc3)=C(Sc3ncn[nH]3)CS[C@@H]12. The topological polar surface area (TPSA) is 117 Å². The first-order valence-electron chi connectivity index (χ1n) is 12.9. The molecule has 1 aromatic heterocycles. The molecule has 3 heterocycles. The van der Waals surface area contributed by atoms with E-state index in [2.05, 4.69) is 20.5 Å². The molecular weight excluding hydrogens is 558 g/mol. The lowest BCUT2D eigenvalue weighted by Crippen LogP contribution is -2.70. The Morgan fingerprint density at radius 2 is 1.63 bits per heavy atom. The van der Waals surface area contributed by atoms with Gasteiger partial charge in [0, 0.05) is 10.7 Å². The first-order valence-corrected chi connectivity index (χ1v) is 14.8. The highest BCUT2D eigenvalue weighted by molar-refractivity contribution is 8.06. The van der Waals surface area contributed by atoms with Crippen LogP contribution < -0.4 is 5.32 Å². The Kier molecular flexibility index (Phi) is 7.88. The van der Waals surface area contributed by atoms with Crippen LogP contribution in [0.1, 0.15) is 22.8 Å². The molecule has 9 nitrogen and oxygen atoms in total. The first kappa shape index (κ1) is 26.9. The lowest BCUT2D eigenvalue weighted by atomic mass is 10.0. The van der Waals surface area contributed by atoms with Crippen molar-refractivity contribution in [3.05, 3.63) is 125 Å². The number of ether oxygens (including phenoxy) is 1. The van der Waals surface area contributed by atoms with Gasteiger partial charge in [0.2, 0.25) is 5.91 Å². The fourth-order valence-corrected chi connectivity index (χ4v) is 7.12. The normalized spacial score (nSPS) is 18.1. The number of amides is 2. The van der Waals surface area contributed by atoms with E-state index in [1.165, 1.54) is 34.8 Å². The maximum absolute atomic E-state index is 14.0. The number of rotatable bonds is 9. The number of aromatic nitrogens is 3. The molecular formula is C30H25N5O4S2. The van der Waals surface area contributed by atoms with Gasteiger partial charge in [0.15, 0.2) is 11.3 Å². The van der Waals surface area contributed by atoms with Crippen molar-refractivity contribution in [3.8, 4) is 0 Å². The molecule has 0 spiro atoms. The van der Waals surface area contributed by atoms with Crippen LogP contribution in [0.25, 0.3) is 0 Å². The predicted molar refractivity (Wildman–Crippen MR) is 155 cm³/mol. The number of hydrogen-bond acceptors (Lipinski definition) is 8. The van der Waals surface area contributed by atoms with Crippen LogP contribution in [-0.4, -0.2) is 55.0 Å². The van der Waals surface area contributed by atoms with Gasteiger partial charge in [0.05, 0.1) is 6.42 Å². The van der Waals surface area contributed by atoms with Gasteiger partial charge in [0.1, 0.15) is 23.4 Å². The zero-order valence-electron chi connectivity index (χ0n) is 21.7. The molecule has 6 rings (SSSR count). The zero-order chi connectivity index (χ0) is 28.2. The van der Waals surface area contributed by atoms with Gasteiger partial charge in [-0.05, 0) is 16.7 Å². The van der Waals surface area contributed by atoms with E-state index in [0.717, 1.165) is 16.7 Å². The summed E-state index contributed by atoms with van der Waals surface area (Å²) in [6.07, 6.45) is 0.864. The highest BCUT2D eigenvalue weighted by atomic mass is 32.2. The summed E-state index contributed by atoms with van der Waals surface area (Å²) >= 11 is 2.71. The van der Waals surface area contributed by atoms with Gasteiger partial charge in [-0.3, -0.25) is 19.6 Å². The number of carbonyl (C=O) groups excluding carboxylic acids is 3. The number of carbonyl (C=O) groups is 3. The lowest BCUT2D eigenvalue weighted by Gasteiger charge is -2.49. The number of aromatic amines is 1. The molecule has 0 bridgehead atoms. The van der Waals surface area contributed by atoms with E-state index in [0.29, 0.717) is 15.8 Å². The number of nitrogens with one attached hydrogen (secondary N) is 2. The van der Waals surface area contributed by atoms with Crippen molar-refractivity contribution in [3.63, 3.8) is 0 Å². The molecule has 1 fully saturated rings. The zero-order valence-corrected chi connectivity index (χ0v) is 23.3. The second-order valence-corrected chi connectivity index (χ2v) is 11.6. The van der Waals surface area contributed by atoms with Gasteiger partial charge < -0.3 is 10.1 Å². The fourth-order valence-electron chi connectivity index (χ4n) is 4.77. The molecule has 4 aromatic rings. The van der Waals surface area contributed by atoms with Crippen LogP contribution in [0.5, 0.6) is 0 Å². The van der Waals surface area contributed by atoms with Gasteiger partial charge in [-0.2, -0.15) is 5.10 Å². The quantitative estimate of drug-likeness (QED) is 0.224. The number of nitrogens with zero attached hydrogens (tertiary/aromatic N) is 3. The van der Waals surface area contributed by atoms with E-state index in [1.807, 2.05) is 91.0 Å². The van der Waals surface area contributed by atoms with Crippen molar-refractivity contribution in [1.82, 2.24) is 25.4 Å². The molecule has 0 unspecified atom stereocenters. The van der Waals surface area contributed by atoms with Crippen LogP contribution in [0.4, 0.5) is 0 Å². The number of β-lactam (4-membered cyclic amide) rings is 1. The summed E-state index contributed by atoms with van der Waals surface area (Å²) in [5, 5.41) is 9.62. The number of H-pyrrole nitrogens is 1. The van der Waals surface area contributed by atoms with Crippen molar-refractivity contribution >= 4 is 41.3 Å². The summed E-state index contributed by atoms with van der Waals surface area (Å²) in [5.41, 5.74) is 2.62. The van der Waals surface area contributed by atoms with Gasteiger partial charge in [-0.1, -0.05) is 103 Å². The molecule has 3 aromatic carbocycles. The number of thioether (sulfide) groups is 2. The summed E-state index contributed by atoms with van der Waals surface area (Å²) < 4.78 is 6.16. The van der Waals surface area contributed by atoms with Crippen molar-refractivity contribution < 1.29 is 19.1 Å². The maximum Gasteiger partial charge on any atom is 0.356 e.